The number of nitrogens with zero attached hydrogens (tertiary/aromatic N) is 1. The van der Waals surface area contributed by atoms with Crippen LogP contribution >= 0.6 is 0 Å². The van der Waals surface area contributed by atoms with E-state index >= 15 is 0 Å². The molecule has 2 aromatic rings. The highest BCUT2D eigenvalue weighted by Gasteiger charge is 2.45. The first-order valence-corrected chi connectivity index (χ1v) is 9.64. The first-order valence-electron chi connectivity index (χ1n) is 8.16. The molecular weight excluding hydrogens is 340 g/mol. The number of ether oxygens (including phenoxy) is 1. The van der Waals surface area contributed by atoms with Crippen LogP contribution in [0.1, 0.15) is 30.4 Å². The van der Waals surface area contributed by atoms with E-state index in [9.17, 15) is 13.2 Å². The van der Waals surface area contributed by atoms with Crippen LogP contribution in [0.4, 0.5) is 0 Å². The van der Waals surface area contributed by atoms with Gasteiger partial charge in [-0.15, -0.1) is 0 Å². The van der Waals surface area contributed by atoms with E-state index in [1.165, 1.54) is 0 Å². The second-order valence-corrected chi connectivity index (χ2v) is 7.72. The minimum Gasteiger partial charge on any atom is -0.466 e. The van der Waals surface area contributed by atoms with Gasteiger partial charge in [0.1, 0.15) is 0 Å². The van der Waals surface area contributed by atoms with Crippen LogP contribution in [0.3, 0.4) is 0 Å². The lowest BCUT2D eigenvalue weighted by Crippen LogP contribution is -2.23. The zero-order valence-electron chi connectivity index (χ0n) is 13.9. The van der Waals surface area contributed by atoms with Crippen molar-refractivity contribution in [2.75, 3.05) is 6.61 Å². The van der Waals surface area contributed by atoms with Crippen LogP contribution in [-0.2, 0) is 26.1 Å². The number of pyridine rings is 1. The van der Waals surface area contributed by atoms with Crippen molar-refractivity contribution in [2.24, 2.45) is 5.92 Å². The first-order chi connectivity index (χ1) is 12.0. The minimum atomic E-state index is -3.59. The van der Waals surface area contributed by atoms with Gasteiger partial charge in [0, 0.05) is 18.9 Å². The fourth-order valence-electron chi connectivity index (χ4n) is 2.73. The van der Waals surface area contributed by atoms with Gasteiger partial charge in [-0.1, -0.05) is 18.2 Å². The normalized spacial score (nSPS) is 19.4. The maximum absolute atomic E-state index is 12.4. The van der Waals surface area contributed by atoms with E-state index < -0.39 is 10.0 Å². The fraction of sp³-hybridized carbons (Fsp3) is 0.333. The highest BCUT2D eigenvalue weighted by Crippen LogP contribution is 2.48. The van der Waals surface area contributed by atoms with E-state index in [1.807, 2.05) is 0 Å². The molecule has 0 unspecified atom stereocenters. The Morgan fingerprint density at radius 1 is 1.28 bits per heavy atom. The summed E-state index contributed by atoms with van der Waals surface area (Å²) in [5.74, 6) is -0.160. The second kappa shape index (κ2) is 7.33. The van der Waals surface area contributed by atoms with Gasteiger partial charge in [0.05, 0.1) is 17.4 Å². The highest BCUT2D eigenvalue weighted by atomic mass is 32.2. The number of benzene rings is 1. The van der Waals surface area contributed by atoms with Crippen LogP contribution in [0.5, 0.6) is 0 Å². The Labute approximate surface area is 147 Å². The zero-order chi connectivity index (χ0) is 17.9. The van der Waals surface area contributed by atoms with Crippen molar-refractivity contribution in [3.8, 4) is 0 Å². The SMILES string of the molecule is CCOC(=O)[C@@H]1C[C@H]1c1ccc(S(=O)(=O)NCc2cccnc2)cc1. The van der Waals surface area contributed by atoms with Gasteiger partial charge in [0.25, 0.3) is 0 Å². The van der Waals surface area contributed by atoms with Crippen LogP contribution in [0.2, 0.25) is 0 Å². The van der Waals surface area contributed by atoms with Gasteiger partial charge >= 0.3 is 5.97 Å². The van der Waals surface area contributed by atoms with E-state index in [0.717, 1.165) is 17.5 Å². The Bertz CT molecular complexity index is 835. The van der Waals surface area contributed by atoms with E-state index in [2.05, 4.69) is 9.71 Å². The summed E-state index contributed by atoms with van der Waals surface area (Å²) in [6.45, 7) is 2.35. The molecule has 132 valence electrons. The second-order valence-electron chi connectivity index (χ2n) is 5.96. The Morgan fingerprint density at radius 2 is 2.04 bits per heavy atom. The molecule has 3 rings (SSSR count). The molecule has 0 amide bonds. The Morgan fingerprint density at radius 3 is 2.68 bits per heavy atom. The molecular formula is C18H20N2O4S. The van der Waals surface area contributed by atoms with Crippen LogP contribution in [0.15, 0.2) is 53.7 Å². The number of hydrogen-bond acceptors (Lipinski definition) is 5. The summed E-state index contributed by atoms with van der Waals surface area (Å²) in [4.78, 5) is 15.9. The van der Waals surface area contributed by atoms with Gasteiger partial charge in [-0.25, -0.2) is 13.1 Å². The molecule has 1 fully saturated rings. The molecule has 0 saturated heterocycles. The predicted molar refractivity (Wildman–Crippen MR) is 92.2 cm³/mol. The first kappa shape index (κ1) is 17.6. The third kappa shape index (κ3) is 4.24. The van der Waals surface area contributed by atoms with Crippen molar-refractivity contribution in [1.29, 1.82) is 0 Å². The third-order valence-corrected chi connectivity index (χ3v) is 5.60. The molecule has 1 N–H and O–H groups in total. The number of sulfonamides is 1. The summed E-state index contributed by atoms with van der Waals surface area (Å²) >= 11 is 0. The highest BCUT2D eigenvalue weighted by molar-refractivity contribution is 7.89. The topological polar surface area (TPSA) is 85.4 Å². The van der Waals surface area contributed by atoms with Gasteiger partial charge < -0.3 is 4.74 Å². The Kier molecular flexibility index (Phi) is 5.15. The minimum absolute atomic E-state index is 0.105. The predicted octanol–water partition coefficient (Wildman–Crippen LogP) is 2.23. The summed E-state index contributed by atoms with van der Waals surface area (Å²) in [6, 6.07) is 10.2. The largest absolute Gasteiger partial charge is 0.466 e. The van der Waals surface area contributed by atoms with E-state index in [-0.39, 0.29) is 29.2 Å². The molecule has 1 aliphatic carbocycles. The lowest BCUT2D eigenvalue weighted by molar-refractivity contribution is -0.144. The van der Waals surface area contributed by atoms with Crippen molar-refractivity contribution in [3.63, 3.8) is 0 Å². The van der Waals surface area contributed by atoms with Crippen LogP contribution < -0.4 is 4.72 Å². The summed E-state index contributed by atoms with van der Waals surface area (Å²) in [6.07, 6.45) is 4.01. The maximum atomic E-state index is 12.4. The number of aromatic nitrogens is 1. The van der Waals surface area contributed by atoms with E-state index in [1.54, 1.807) is 55.7 Å². The number of carbonyl (C=O) groups is 1. The monoisotopic (exact) mass is 360 g/mol. The van der Waals surface area contributed by atoms with E-state index in [0.29, 0.717) is 6.61 Å². The molecule has 1 aromatic heterocycles. The number of esters is 1. The lowest BCUT2D eigenvalue weighted by atomic mass is 10.1. The van der Waals surface area contributed by atoms with Crippen molar-refractivity contribution in [2.45, 2.75) is 30.7 Å². The maximum Gasteiger partial charge on any atom is 0.309 e. The average Bonchev–Trinajstić information content (AvgIpc) is 3.42. The standard InChI is InChI=1S/C18H20N2O4S/c1-2-24-18(21)17-10-16(17)14-5-7-15(8-6-14)25(22,23)20-12-13-4-3-9-19-11-13/h3-9,11,16-17,20H,2,10,12H2,1H3/t16-,17+/m0/s1. The molecule has 0 bridgehead atoms. The van der Waals surface area contributed by atoms with Gasteiger partial charge in [-0.2, -0.15) is 0 Å². The molecule has 1 saturated carbocycles. The molecule has 6 nitrogen and oxygen atoms in total. The smallest absolute Gasteiger partial charge is 0.309 e. The summed E-state index contributed by atoms with van der Waals surface area (Å²) in [5.41, 5.74) is 1.75. The van der Waals surface area contributed by atoms with Crippen LogP contribution in [0, 0.1) is 5.92 Å². The average molecular weight is 360 g/mol. The Hall–Kier alpha value is -2.25. The molecule has 0 spiro atoms. The molecule has 1 aliphatic rings. The van der Waals surface area contributed by atoms with Crippen molar-refractivity contribution in [3.05, 3.63) is 59.9 Å². The third-order valence-electron chi connectivity index (χ3n) is 4.19. The van der Waals surface area contributed by atoms with Gasteiger partial charge in [0.15, 0.2) is 0 Å². The van der Waals surface area contributed by atoms with Gasteiger partial charge in [-0.3, -0.25) is 9.78 Å². The number of nitrogens with one attached hydrogen (secondary N) is 1. The number of hydrogen-bond donors (Lipinski definition) is 1. The molecule has 0 aliphatic heterocycles. The van der Waals surface area contributed by atoms with Gasteiger partial charge in [-0.05, 0) is 48.6 Å². The van der Waals surface area contributed by atoms with Crippen LogP contribution in [0.25, 0.3) is 0 Å². The molecule has 2 atom stereocenters. The molecule has 25 heavy (non-hydrogen) atoms. The number of rotatable bonds is 7. The fourth-order valence-corrected chi connectivity index (χ4v) is 3.75. The van der Waals surface area contributed by atoms with Crippen molar-refractivity contribution < 1.29 is 17.9 Å². The van der Waals surface area contributed by atoms with Crippen LogP contribution in [-0.4, -0.2) is 26.0 Å². The molecule has 1 aromatic carbocycles. The lowest BCUT2D eigenvalue weighted by Gasteiger charge is -2.08. The van der Waals surface area contributed by atoms with E-state index in [4.69, 9.17) is 4.74 Å². The Balaban J connectivity index is 1.63. The molecule has 1 heterocycles. The quantitative estimate of drug-likeness (QED) is 0.765. The van der Waals surface area contributed by atoms with Gasteiger partial charge in [0.2, 0.25) is 10.0 Å². The summed E-state index contributed by atoms with van der Waals surface area (Å²) in [7, 11) is -3.59. The number of carbonyl (C=O) groups excluding carboxylic acids is 1. The summed E-state index contributed by atoms with van der Waals surface area (Å²) in [5, 5.41) is 0. The molecule has 0 radical (unpaired) electrons. The van der Waals surface area contributed by atoms with Crippen molar-refractivity contribution in [1.82, 2.24) is 9.71 Å². The molecule has 7 heteroatoms. The zero-order valence-corrected chi connectivity index (χ0v) is 14.7. The summed E-state index contributed by atoms with van der Waals surface area (Å²) < 4.78 is 32.3. The van der Waals surface area contributed by atoms with Crippen molar-refractivity contribution >= 4 is 16.0 Å².